The van der Waals surface area contributed by atoms with Crippen molar-refractivity contribution in [1.82, 2.24) is 10.6 Å². The molecule has 2 aliphatic rings. The van der Waals surface area contributed by atoms with Gasteiger partial charge in [0.25, 0.3) is 0 Å². The number of aliphatic hydroxyl groups excluding tert-OH is 1. The van der Waals surface area contributed by atoms with Crippen LogP contribution in [-0.4, -0.2) is 35.7 Å². The summed E-state index contributed by atoms with van der Waals surface area (Å²) in [4.78, 5) is 12.1. The second-order valence-electron chi connectivity index (χ2n) is 5.49. The molecule has 0 aromatic heterocycles. The molecule has 0 bridgehead atoms. The number of carbonyl (C=O) groups excluding carboxylic acids is 1. The van der Waals surface area contributed by atoms with Crippen molar-refractivity contribution in [3.8, 4) is 0 Å². The highest BCUT2D eigenvalue weighted by Gasteiger charge is 2.34. The molecule has 0 radical (unpaired) electrons. The Balaban J connectivity index is 1.90. The number of nitrogens with one attached hydrogen (secondary N) is 2. The molecular formula is C13H24N2O2. The van der Waals surface area contributed by atoms with Gasteiger partial charge >= 0.3 is 0 Å². The van der Waals surface area contributed by atoms with Crippen LogP contribution in [0.3, 0.4) is 0 Å². The normalized spacial score (nSPS) is 28.6. The van der Waals surface area contributed by atoms with Gasteiger partial charge in [-0.2, -0.15) is 0 Å². The molecule has 1 saturated carbocycles. The first-order chi connectivity index (χ1) is 8.26. The van der Waals surface area contributed by atoms with Gasteiger partial charge < -0.3 is 15.7 Å². The molecule has 0 unspecified atom stereocenters. The zero-order valence-electron chi connectivity index (χ0n) is 10.5. The van der Waals surface area contributed by atoms with Crippen molar-refractivity contribution in [3.63, 3.8) is 0 Å². The zero-order valence-corrected chi connectivity index (χ0v) is 10.5. The van der Waals surface area contributed by atoms with Gasteiger partial charge in [0.05, 0.1) is 18.2 Å². The molecule has 0 aromatic rings. The van der Waals surface area contributed by atoms with E-state index in [0.717, 1.165) is 51.5 Å². The maximum Gasteiger partial charge on any atom is 0.237 e. The first-order valence-corrected chi connectivity index (χ1v) is 6.92. The van der Waals surface area contributed by atoms with Crippen molar-refractivity contribution in [3.05, 3.63) is 0 Å². The van der Waals surface area contributed by atoms with Gasteiger partial charge in [-0.15, -0.1) is 0 Å². The minimum absolute atomic E-state index is 0.0471. The summed E-state index contributed by atoms with van der Waals surface area (Å²) in [5.41, 5.74) is -0.339. The summed E-state index contributed by atoms with van der Waals surface area (Å²) in [6.07, 6.45) is 8.49. The molecule has 98 valence electrons. The summed E-state index contributed by atoms with van der Waals surface area (Å²) in [5.74, 6) is 0.0839. The summed E-state index contributed by atoms with van der Waals surface area (Å²) >= 11 is 0. The van der Waals surface area contributed by atoms with Gasteiger partial charge in [0, 0.05) is 0 Å². The number of amides is 1. The second kappa shape index (κ2) is 5.83. The van der Waals surface area contributed by atoms with E-state index in [9.17, 15) is 9.90 Å². The van der Waals surface area contributed by atoms with Gasteiger partial charge in [0.2, 0.25) is 5.91 Å². The summed E-state index contributed by atoms with van der Waals surface area (Å²) in [6, 6.07) is -0.0471. The van der Waals surface area contributed by atoms with Crippen LogP contribution in [0.2, 0.25) is 0 Å². The Hall–Kier alpha value is -0.610. The zero-order chi connectivity index (χ0) is 12.1. The summed E-state index contributed by atoms with van der Waals surface area (Å²) in [7, 11) is 0. The van der Waals surface area contributed by atoms with Crippen molar-refractivity contribution in [2.75, 3.05) is 13.2 Å². The number of carbonyl (C=O) groups is 1. The fourth-order valence-corrected chi connectivity index (χ4v) is 2.98. The van der Waals surface area contributed by atoms with Crippen molar-refractivity contribution < 1.29 is 9.90 Å². The van der Waals surface area contributed by atoms with Gasteiger partial charge in [0.15, 0.2) is 0 Å². The van der Waals surface area contributed by atoms with E-state index in [4.69, 9.17) is 0 Å². The molecular weight excluding hydrogens is 216 g/mol. The van der Waals surface area contributed by atoms with Crippen molar-refractivity contribution >= 4 is 5.91 Å². The van der Waals surface area contributed by atoms with Crippen LogP contribution in [0.5, 0.6) is 0 Å². The smallest absolute Gasteiger partial charge is 0.237 e. The molecule has 1 amide bonds. The van der Waals surface area contributed by atoms with E-state index in [1.165, 1.54) is 6.42 Å². The number of piperidine rings is 1. The van der Waals surface area contributed by atoms with Crippen LogP contribution in [0.4, 0.5) is 0 Å². The minimum Gasteiger partial charge on any atom is -0.394 e. The lowest BCUT2D eigenvalue weighted by atomic mass is 9.82. The molecule has 0 aromatic carbocycles. The van der Waals surface area contributed by atoms with Crippen LogP contribution in [0.1, 0.15) is 51.4 Å². The third-order valence-electron chi connectivity index (χ3n) is 4.13. The largest absolute Gasteiger partial charge is 0.394 e. The maximum atomic E-state index is 12.1. The Morgan fingerprint density at radius 3 is 2.59 bits per heavy atom. The van der Waals surface area contributed by atoms with Crippen LogP contribution < -0.4 is 10.6 Å². The topological polar surface area (TPSA) is 61.4 Å². The van der Waals surface area contributed by atoms with Gasteiger partial charge in [-0.1, -0.05) is 25.7 Å². The van der Waals surface area contributed by atoms with Crippen molar-refractivity contribution in [1.29, 1.82) is 0 Å². The molecule has 1 aliphatic carbocycles. The molecule has 1 atom stereocenters. The second-order valence-corrected chi connectivity index (χ2v) is 5.49. The first-order valence-electron chi connectivity index (χ1n) is 6.92. The molecule has 2 rings (SSSR count). The average Bonchev–Trinajstić information content (AvgIpc) is 2.41. The Morgan fingerprint density at radius 2 is 2.00 bits per heavy atom. The molecule has 0 spiro atoms. The highest BCUT2D eigenvalue weighted by molar-refractivity contribution is 5.82. The lowest BCUT2D eigenvalue weighted by Gasteiger charge is -2.38. The van der Waals surface area contributed by atoms with E-state index in [1.54, 1.807) is 0 Å². The van der Waals surface area contributed by atoms with Crippen molar-refractivity contribution in [2.45, 2.75) is 62.9 Å². The van der Waals surface area contributed by atoms with Gasteiger partial charge in [-0.3, -0.25) is 4.79 Å². The predicted octanol–water partition coefficient (Wildman–Crippen LogP) is 0.940. The molecule has 2 fully saturated rings. The van der Waals surface area contributed by atoms with Gasteiger partial charge in [-0.05, 0) is 32.2 Å². The van der Waals surface area contributed by atoms with Crippen molar-refractivity contribution in [2.24, 2.45) is 0 Å². The quantitative estimate of drug-likeness (QED) is 0.688. The third kappa shape index (κ3) is 3.19. The summed E-state index contributed by atoms with van der Waals surface area (Å²) in [5, 5.41) is 15.9. The molecule has 4 nitrogen and oxygen atoms in total. The lowest BCUT2D eigenvalue weighted by molar-refractivity contribution is -0.126. The Labute approximate surface area is 103 Å². The third-order valence-corrected chi connectivity index (χ3v) is 4.13. The Kier molecular flexibility index (Phi) is 4.40. The number of rotatable bonds is 3. The van der Waals surface area contributed by atoms with E-state index in [2.05, 4.69) is 10.6 Å². The van der Waals surface area contributed by atoms with Crippen LogP contribution >= 0.6 is 0 Å². The molecule has 1 aliphatic heterocycles. The average molecular weight is 240 g/mol. The Morgan fingerprint density at radius 1 is 1.24 bits per heavy atom. The van der Waals surface area contributed by atoms with Crippen LogP contribution in [-0.2, 0) is 4.79 Å². The van der Waals surface area contributed by atoms with Gasteiger partial charge in [-0.25, -0.2) is 0 Å². The monoisotopic (exact) mass is 240 g/mol. The Bertz CT molecular complexity index is 256. The molecule has 1 heterocycles. The van der Waals surface area contributed by atoms with Crippen LogP contribution in [0, 0.1) is 0 Å². The minimum atomic E-state index is -0.339. The highest BCUT2D eigenvalue weighted by atomic mass is 16.3. The van der Waals surface area contributed by atoms with Crippen LogP contribution in [0.15, 0.2) is 0 Å². The van der Waals surface area contributed by atoms with E-state index in [1.807, 2.05) is 0 Å². The standard InChI is InChI=1S/C13H24N2O2/c16-10-13(7-3-1-4-8-13)15-12(17)11-6-2-5-9-14-11/h11,14,16H,1-10H2,(H,15,17)/t11-/m1/s1. The summed E-state index contributed by atoms with van der Waals surface area (Å²) in [6.45, 7) is 1.01. The van der Waals surface area contributed by atoms with Crippen LogP contribution in [0.25, 0.3) is 0 Å². The number of hydrogen-bond donors (Lipinski definition) is 3. The lowest BCUT2D eigenvalue weighted by Crippen LogP contribution is -2.58. The fraction of sp³-hybridized carbons (Fsp3) is 0.923. The van der Waals surface area contributed by atoms with E-state index in [0.29, 0.717) is 0 Å². The summed E-state index contributed by atoms with van der Waals surface area (Å²) < 4.78 is 0. The molecule has 4 heteroatoms. The SMILES string of the molecule is O=C(NC1(CO)CCCCC1)[C@H]1CCCCN1. The van der Waals surface area contributed by atoms with Gasteiger partial charge in [0.1, 0.15) is 0 Å². The van der Waals surface area contributed by atoms with E-state index >= 15 is 0 Å². The predicted molar refractivity (Wildman–Crippen MR) is 66.7 cm³/mol. The van der Waals surface area contributed by atoms with E-state index in [-0.39, 0.29) is 24.1 Å². The van der Waals surface area contributed by atoms with E-state index < -0.39 is 0 Å². The number of hydrogen-bond acceptors (Lipinski definition) is 3. The fourth-order valence-electron chi connectivity index (χ4n) is 2.98. The first kappa shape index (κ1) is 12.8. The molecule has 3 N–H and O–H groups in total. The number of aliphatic hydroxyl groups is 1. The molecule has 17 heavy (non-hydrogen) atoms. The highest BCUT2D eigenvalue weighted by Crippen LogP contribution is 2.28. The maximum absolute atomic E-state index is 12.1. The molecule has 1 saturated heterocycles.